The van der Waals surface area contributed by atoms with Gasteiger partial charge in [0.1, 0.15) is 12.1 Å². The van der Waals surface area contributed by atoms with E-state index in [9.17, 15) is 10.5 Å². The molecule has 3 heterocycles. The van der Waals surface area contributed by atoms with Crippen molar-refractivity contribution in [1.82, 2.24) is 19.9 Å². The van der Waals surface area contributed by atoms with Gasteiger partial charge in [-0.05, 0) is 50.2 Å². The van der Waals surface area contributed by atoms with E-state index in [-0.39, 0.29) is 11.4 Å². The van der Waals surface area contributed by atoms with Crippen LogP contribution < -0.4 is 9.80 Å². The van der Waals surface area contributed by atoms with Gasteiger partial charge in [-0.1, -0.05) is 47.5 Å². The lowest BCUT2D eigenvalue weighted by Gasteiger charge is -2.36. The fourth-order valence-corrected chi connectivity index (χ4v) is 4.23. The summed E-state index contributed by atoms with van der Waals surface area (Å²) in [4.78, 5) is 22.9. The van der Waals surface area contributed by atoms with Crippen LogP contribution >= 0.6 is 0 Å². The van der Waals surface area contributed by atoms with Gasteiger partial charge in [0.25, 0.3) is 0 Å². The minimum absolute atomic E-state index is 0.0468. The summed E-state index contributed by atoms with van der Waals surface area (Å²) in [7, 11) is 0. The summed E-state index contributed by atoms with van der Waals surface area (Å²) in [5.74, 6) is 1.89. The van der Waals surface area contributed by atoms with Crippen LogP contribution in [-0.2, 0) is 0 Å². The molecule has 2 aromatic heterocycles. The number of fused-ring (bicyclic) bond motifs is 3. The average Bonchev–Trinajstić information content (AvgIpc) is 2.91. The second-order valence-corrected chi connectivity index (χ2v) is 8.49. The number of hydrogen-bond donors (Lipinski definition) is 0. The highest BCUT2D eigenvalue weighted by atomic mass is 15.4. The summed E-state index contributed by atoms with van der Waals surface area (Å²) in [5.41, 5.74) is 5.14. The van der Waals surface area contributed by atoms with Crippen LogP contribution in [0.4, 0.5) is 34.6 Å². The van der Waals surface area contributed by atoms with Crippen LogP contribution in [-0.4, -0.2) is 19.9 Å². The largest absolute Gasteiger partial charge is 0.273 e. The van der Waals surface area contributed by atoms with Crippen molar-refractivity contribution in [2.75, 3.05) is 9.80 Å². The summed E-state index contributed by atoms with van der Waals surface area (Å²) < 4.78 is 0. The SMILES string of the molecule is Cc1ccc(N2c3nc(C#N)c(C#N)nc3N(c3ccc(C)cc3)c3nc4ccccc4nc32)cc1. The molecule has 1 aliphatic heterocycles. The highest BCUT2D eigenvalue weighted by Gasteiger charge is 2.37. The lowest BCUT2D eigenvalue weighted by molar-refractivity contribution is 0.989. The third kappa shape index (κ3) is 3.29. The molecule has 36 heavy (non-hydrogen) atoms. The molecule has 1 aliphatic rings. The highest BCUT2D eigenvalue weighted by molar-refractivity contribution is 5.98. The number of anilines is 6. The smallest absolute Gasteiger partial charge is 0.184 e. The topological polar surface area (TPSA) is 106 Å². The first kappa shape index (κ1) is 21.2. The van der Waals surface area contributed by atoms with Gasteiger partial charge in [0.05, 0.1) is 11.0 Å². The molecule has 0 bridgehead atoms. The Morgan fingerprint density at radius 1 is 0.528 bits per heavy atom. The van der Waals surface area contributed by atoms with Crippen molar-refractivity contribution in [3.8, 4) is 12.1 Å². The molecular formula is C28H18N8. The molecule has 170 valence electrons. The highest BCUT2D eigenvalue weighted by Crippen LogP contribution is 2.51. The molecule has 0 radical (unpaired) electrons. The molecule has 5 aromatic rings. The number of nitriles is 2. The van der Waals surface area contributed by atoms with Crippen molar-refractivity contribution in [3.05, 3.63) is 95.3 Å². The van der Waals surface area contributed by atoms with E-state index in [1.54, 1.807) is 0 Å². The molecule has 0 spiro atoms. The summed E-state index contributed by atoms with van der Waals surface area (Å²) in [5, 5.41) is 19.5. The Bertz CT molecular complexity index is 1600. The van der Waals surface area contributed by atoms with Crippen molar-refractivity contribution in [2.45, 2.75) is 13.8 Å². The third-order valence-corrected chi connectivity index (χ3v) is 6.04. The summed E-state index contributed by atoms with van der Waals surface area (Å²) in [6.45, 7) is 4.03. The molecule has 0 unspecified atom stereocenters. The monoisotopic (exact) mass is 466 g/mol. The first-order chi connectivity index (χ1) is 17.6. The van der Waals surface area contributed by atoms with Gasteiger partial charge in [-0.2, -0.15) is 10.5 Å². The van der Waals surface area contributed by atoms with Crippen molar-refractivity contribution < 1.29 is 0 Å². The summed E-state index contributed by atoms with van der Waals surface area (Å²) in [6.07, 6.45) is 0. The molecule has 3 aromatic carbocycles. The van der Waals surface area contributed by atoms with Gasteiger partial charge in [-0.15, -0.1) is 0 Å². The van der Waals surface area contributed by atoms with E-state index < -0.39 is 0 Å². The standard InChI is InChI=1S/C28H18N8/c1-17-7-11-19(12-8-17)35-25-26(32-22-6-4-3-5-21(22)31-25)36(20-13-9-18(2)10-14-20)28-27(35)33-23(15-29)24(16-30)34-28/h3-14H,1-2H3. The molecule has 0 aliphatic carbocycles. The van der Waals surface area contributed by atoms with E-state index in [1.165, 1.54) is 0 Å². The molecule has 8 nitrogen and oxygen atoms in total. The summed E-state index contributed by atoms with van der Waals surface area (Å²) >= 11 is 0. The number of rotatable bonds is 2. The van der Waals surface area contributed by atoms with E-state index in [0.717, 1.165) is 33.5 Å². The van der Waals surface area contributed by atoms with Gasteiger partial charge in [0.2, 0.25) is 0 Å². The van der Waals surface area contributed by atoms with Crippen LogP contribution in [0, 0.1) is 36.5 Å². The maximum atomic E-state index is 9.73. The molecule has 8 heteroatoms. The number of benzene rings is 3. The first-order valence-electron chi connectivity index (χ1n) is 11.3. The molecule has 0 amide bonds. The van der Waals surface area contributed by atoms with Gasteiger partial charge in [0, 0.05) is 11.4 Å². The number of para-hydroxylation sites is 2. The van der Waals surface area contributed by atoms with Crippen LogP contribution in [0.2, 0.25) is 0 Å². The summed E-state index contributed by atoms with van der Waals surface area (Å²) in [6, 6.07) is 27.5. The zero-order valence-corrected chi connectivity index (χ0v) is 19.5. The molecule has 6 rings (SSSR count). The van der Waals surface area contributed by atoms with Crippen molar-refractivity contribution in [3.63, 3.8) is 0 Å². The molecule has 0 N–H and O–H groups in total. The van der Waals surface area contributed by atoms with Gasteiger partial charge >= 0.3 is 0 Å². The minimum Gasteiger partial charge on any atom is -0.273 e. The third-order valence-electron chi connectivity index (χ3n) is 6.04. The van der Waals surface area contributed by atoms with Crippen molar-refractivity contribution in [2.24, 2.45) is 0 Å². The number of nitrogens with zero attached hydrogens (tertiary/aromatic N) is 8. The maximum Gasteiger partial charge on any atom is 0.184 e. The van der Waals surface area contributed by atoms with E-state index >= 15 is 0 Å². The lowest BCUT2D eigenvalue weighted by atomic mass is 10.1. The first-order valence-corrected chi connectivity index (χ1v) is 11.3. The van der Waals surface area contributed by atoms with Crippen LogP contribution in [0.3, 0.4) is 0 Å². The Hall–Kier alpha value is -5.34. The zero-order chi connectivity index (χ0) is 24.8. The van der Waals surface area contributed by atoms with Crippen molar-refractivity contribution >= 4 is 45.7 Å². The molecule has 0 saturated carbocycles. The second-order valence-electron chi connectivity index (χ2n) is 8.49. The number of aromatic nitrogens is 4. The quantitative estimate of drug-likeness (QED) is 0.304. The van der Waals surface area contributed by atoms with E-state index in [1.807, 2.05) is 109 Å². The predicted octanol–water partition coefficient (Wildman–Crippen LogP) is 6.03. The lowest BCUT2D eigenvalue weighted by Crippen LogP contribution is -2.28. The van der Waals surface area contributed by atoms with Crippen LogP contribution in [0.1, 0.15) is 22.5 Å². The Labute approximate surface area is 207 Å². The van der Waals surface area contributed by atoms with E-state index in [4.69, 9.17) is 9.97 Å². The molecule has 0 atom stereocenters. The Morgan fingerprint density at radius 2 is 0.889 bits per heavy atom. The molecule has 0 fully saturated rings. The second kappa shape index (κ2) is 8.15. The van der Waals surface area contributed by atoms with Gasteiger partial charge in [-0.3, -0.25) is 9.80 Å². The Morgan fingerprint density at radius 3 is 1.25 bits per heavy atom. The molecular weight excluding hydrogens is 448 g/mol. The minimum atomic E-state index is -0.0468. The fourth-order valence-electron chi connectivity index (χ4n) is 4.23. The number of hydrogen-bond acceptors (Lipinski definition) is 8. The Balaban J connectivity index is 1.74. The van der Waals surface area contributed by atoms with Crippen molar-refractivity contribution in [1.29, 1.82) is 10.5 Å². The molecule has 0 saturated heterocycles. The zero-order valence-electron chi connectivity index (χ0n) is 19.5. The fraction of sp³-hybridized carbons (Fsp3) is 0.0714. The van der Waals surface area contributed by atoms with Gasteiger partial charge in [-0.25, -0.2) is 19.9 Å². The van der Waals surface area contributed by atoms with Gasteiger partial charge in [0.15, 0.2) is 34.7 Å². The maximum absolute atomic E-state index is 9.73. The average molecular weight is 467 g/mol. The normalized spacial score (nSPS) is 12.0. The van der Waals surface area contributed by atoms with E-state index in [0.29, 0.717) is 23.3 Å². The van der Waals surface area contributed by atoms with Crippen LogP contribution in [0.5, 0.6) is 0 Å². The van der Waals surface area contributed by atoms with Crippen LogP contribution in [0.15, 0.2) is 72.8 Å². The van der Waals surface area contributed by atoms with Crippen LogP contribution in [0.25, 0.3) is 11.0 Å². The predicted molar refractivity (Wildman–Crippen MR) is 137 cm³/mol. The van der Waals surface area contributed by atoms with Gasteiger partial charge < -0.3 is 0 Å². The number of aryl methyl sites for hydroxylation is 2. The Kier molecular flexibility index (Phi) is 4.80. The van der Waals surface area contributed by atoms with E-state index in [2.05, 4.69) is 9.97 Å².